The summed E-state index contributed by atoms with van der Waals surface area (Å²) in [6, 6.07) is 12.0. The summed E-state index contributed by atoms with van der Waals surface area (Å²) in [5.74, 6) is 0.409. The number of hydrogen-bond acceptors (Lipinski definition) is 2. The fraction of sp³-hybridized carbons (Fsp3) is 0.364. The van der Waals surface area contributed by atoms with Crippen molar-refractivity contribution in [3.8, 4) is 5.75 Å². The topological polar surface area (TPSA) is 46.2 Å². The molecule has 0 saturated heterocycles. The lowest BCUT2D eigenvalue weighted by Gasteiger charge is -2.27. The molecule has 0 spiro atoms. The molecule has 2 rings (SSSR count). The van der Waals surface area contributed by atoms with Crippen molar-refractivity contribution in [1.82, 2.24) is 0 Å². The Hall–Kier alpha value is -2.22. The largest absolute Gasteiger partial charge is 0.507 e. The van der Waals surface area contributed by atoms with Gasteiger partial charge in [-0.1, -0.05) is 71.9 Å². The minimum Gasteiger partial charge on any atom is -0.507 e. The van der Waals surface area contributed by atoms with Gasteiger partial charge < -0.3 is 10.8 Å². The zero-order valence-corrected chi connectivity index (χ0v) is 15.6. The molecule has 2 nitrogen and oxygen atoms in total. The van der Waals surface area contributed by atoms with Gasteiger partial charge in [0.2, 0.25) is 0 Å². The minimum absolute atomic E-state index is 0.125. The highest BCUT2D eigenvalue weighted by Crippen LogP contribution is 2.40. The maximum absolute atomic E-state index is 10.8. The van der Waals surface area contributed by atoms with Crippen LogP contribution in [0.2, 0.25) is 0 Å². The Labute approximate surface area is 146 Å². The van der Waals surface area contributed by atoms with E-state index in [4.69, 9.17) is 5.73 Å². The van der Waals surface area contributed by atoms with Gasteiger partial charge in [0.1, 0.15) is 5.75 Å². The molecule has 0 saturated carbocycles. The highest BCUT2D eigenvalue weighted by atomic mass is 16.3. The number of hydrogen-bond donors (Lipinski definition) is 2. The highest BCUT2D eigenvalue weighted by Gasteiger charge is 2.26. The Kier molecular flexibility index (Phi) is 4.80. The van der Waals surface area contributed by atoms with E-state index < -0.39 is 0 Å². The van der Waals surface area contributed by atoms with Crippen LogP contribution in [0.15, 0.2) is 36.4 Å². The Bertz CT molecular complexity index is 723. The zero-order chi connectivity index (χ0) is 18.1. The number of anilines is 1. The Balaban J connectivity index is 2.57. The predicted octanol–water partition coefficient (Wildman–Crippen LogP) is 5.74. The van der Waals surface area contributed by atoms with E-state index in [1.165, 1.54) is 0 Å². The summed E-state index contributed by atoms with van der Waals surface area (Å²) in [5, 5.41) is 10.8. The first-order valence-corrected chi connectivity index (χ1v) is 8.41. The van der Waals surface area contributed by atoms with Crippen molar-refractivity contribution < 1.29 is 5.11 Å². The van der Waals surface area contributed by atoms with E-state index in [-0.39, 0.29) is 10.8 Å². The van der Waals surface area contributed by atoms with Crippen LogP contribution in [0.5, 0.6) is 5.75 Å². The van der Waals surface area contributed by atoms with Crippen molar-refractivity contribution in [1.29, 1.82) is 0 Å². The van der Waals surface area contributed by atoms with Crippen molar-refractivity contribution in [2.75, 3.05) is 5.73 Å². The first-order valence-electron chi connectivity index (χ1n) is 8.41. The first-order chi connectivity index (χ1) is 11.0. The van der Waals surface area contributed by atoms with Crippen LogP contribution >= 0.6 is 0 Å². The van der Waals surface area contributed by atoms with E-state index in [0.29, 0.717) is 5.75 Å². The Morgan fingerprint density at radius 1 is 0.833 bits per heavy atom. The molecule has 2 heteroatoms. The van der Waals surface area contributed by atoms with Gasteiger partial charge >= 0.3 is 0 Å². The summed E-state index contributed by atoms with van der Waals surface area (Å²) in [6.07, 6.45) is 4.09. The molecule has 0 radical (unpaired) electrons. The van der Waals surface area contributed by atoms with Gasteiger partial charge in [0.05, 0.1) is 0 Å². The van der Waals surface area contributed by atoms with Crippen LogP contribution in [-0.4, -0.2) is 5.11 Å². The van der Waals surface area contributed by atoms with Gasteiger partial charge in [0.25, 0.3) is 0 Å². The molecular weight excluding hydrogens is 294 g/mol. The van der Waals surface area contributed by atoms with E-state index in [1.807, 2.05) is 30.3 Å². The Morgan fingerprint density at radius 2 is 1.33 bits per heavy atom. The lowest BCUT2D eigenvalue weighted by molar-refractivity contribution is 0.423. The molecule has 0 bridgehead atoms. The predicted molar refractivity (Wildman–Crippen MR) is 105 cm³/mol. The van der Waals surface area contributed by atoms with Gasteiger partial charge in [-0.3, -0.25) is 0 Å². The summed E-state index contributed by atoms with van der Waals surface area (Å²) in [7, 11) is 0. The third kappa shape index (κ3) is 4.00. The highest BCUT2D eigenvalue weighted by molar-refractivity contribution is 5.76. The van der Waals surface area contributed by atoms with Crippen molar-refractivity contribution in [3.05, 3.63) is 58.7 Å². The van der Waals surface area contributed by atoms with Gasteiger partial charge in [0.15, 0.2) is 0 Å². The molecule has 0 aliphatic heterocycles. The summed E-state index contributed by atoms with van der Waals surface area (Å²) in [6.45, 7) is 12.7. The molecule has 0 unspecified atom stereocenters. The first kappa shape index (κ1) is 18.1. The van der Waals surface area contributed by atoms with Crippen LogP contribution in [0, 0.1) is 0 Å². The number of phenols is 1. The molecule has 128 valence electrons. The van der Waals surface area contributed by atoms with Gasteiger partial charge in [0, 0.05) is 16.8 Å². The quantitative estimate of drug-likeness (QED) is 0.547. The fourth-order valence-corrected chi connectivity index (χ4v) is 2.75. The molecule has 0 atom stereocenters. The fourth-order valence-electron chi connectivity index (χ4n) is 2.75. The van der Waals surface area contributed by atoms with Crippen molar-refractivity contribution in [3.63, 3.8) is 0 Å². The third-order valence-corrected chi connectivity index (χ3v) is 4.20. The standard InChI is InChI=1S/C22H29NO/c1-21(2,3)17-13-15(14-18(20(17)24)22(4,5)6)11-12-16-9-7-8-10-19(16)23/h7-14,24H,23H2,1-6H3. The van der Waals surface area contributed by atoms with Gasteiger partial charge in [-0.2, -0.15) is 0 Å². The maximum atomic E-state index is 10.8. The van der Waals surface area contributed by atoms with Crippen molar-refractivity contribution >= 4 is 17.8 Å². The number of nitrogens with two attached hydrogens (primary N) is 1. The number of rotatable bonds is 2. The molecule has 0 fully saturated rings. The van der Waals surface area contributed by atoms with Crippen LogP contribution in [-0.2, 0) is 10.8 Å². The lowest BCUT2D eigenvalue weighted by Crippen LogP contribution is -2.17. The SMILES string of the molecule is CC(C)(C)c1cc(C=Cc2ccccc2N)cc(C(C)(C)C)c1O. The van der Waals surface area contributed by atoms with E-state index in [2.05, 4.69) is 59.8 Å². The second kappa shape index (κ2) is 6.35. The second-order valence-electron chi connectivity index (χ2n) is 8.43. The minimum atomic E-state index is -0.125. The number of phenolic OH excluding ortho intramolecular Hbond substituents is 1. The molecule has 3 N–H and O–H groups in total. The summed E-state index contributed by atoms with van der Waals surface area (Å²) in [5.41, 5.74) is 10.5. The zero-order valence-electron chi connectivity index (χ0n) is 15.6. The van der Waals surface area contributed by atoms with Crippen LogP contribution in [0.4, 0.5) is 5.69 Å². The average Bonchev–Trinajstić information content (AvgIpc) is 2.45. The average molecular weight is 323 g/mol. The second-order valence-corrected chi connectivity index (χ2v) is 8.43. The van der Waals surface area contributed by atoms with Crippen molar-refractivity contribution in [2.45, 2.75) is 52.4 Å². The molecule has 0 aliphatic rings. The number of benzene rings is 2. The van der Waals surface area contributed by atoms with Gasteiger partial charge in [-0.15, -0.1) is 0 Å². The third-order valence-electron chi connectivity index (χ3n) is 4.20. The number of para-hydroxylation sites is 1. The van der Waals surface area contributed by atoms with E-state index >= 15 is 0 Å². The maximum Gasteiger partial charge on any atom is 0.123 e. The van der Waals surface area contributed by atoms with Crippen LogP contribution in [0.1, 0.15) is 63.8 Å². The molecule has 2 aromatic rings. The van der Waals surface area contributed by atoms with E-state index in [1.54, 1.807) is 0 Å². The summed E-state index contributed by atoms with van der Waals surface area (Å²) < 4.78 is 0. The van der Waals surface area contributed by atoms with Crippen LogP contribution in [0.3, 0.4) is 0 Å². The molecule has 0 aromatic heterocycles. The summed E-state index contributed by atoms with van der Waals surface area (Å²) in [4.78, 5) is 0. The van der Waals surface area contributed by atoms with Crippen molar-refractivity contribution in [2.24, 2.45) is 0 Å². The normalized spacial score (nSPS) is 12.8. The number of nitrogen functional groups attached to an aromatic ring is 1. The van der Waals surface area contributed by atoms with E-state index in [9.17, 15) is 5.11 Å². The molecule has 0 heterocycles. The molecule has 2 aromatic carbocycles. The molecule has 0 aliphatic carbocycles. The summed E-state index contributed by atoms with van der Waals surface area (Å²) >= 11 is 0. The monoisotopic (exact) mass is 323 g/mol. The van der Waals surface area contributed by atoms with Crippen LogP contribution < -0.4 is 5.73 Å². The smallest absolute Gasteiger partial charge is 0.123 e. The molecule has 24 heavy (non-hydrogen) atoms. The Morgan fingerprint density at radius 3 is 1.79 bits per heavy atom. The lowest BCUT2D eigenvalue weighted by atomic mass is 9.78. The number of aromatic hydroxyl groups is 1. The molecule has 0 amide bonds. The van der Waals surface area contributed by atoms with E-state index in [0.717, 1.165) is 27.9 Å². The van der Waals surface area contributed by atoms with Gasteiger partial charge in [-0.05, 0) is 40.2 Å². The molecular formula is C22H29NO. The van der Waals surface area contributed by atoms with Gasteiger partial charge in [-0.25, -0.2) is 0 Å². The van der Waals surface area contributed by atoms with Crippen LogP contribution in [0.25, 0.3) is 12.2 Å².